The molecule has 0 aliphatic rings. The summed E-state index contributed by atoms with van der Waals surface area (Å²) in [6.45, 7) is 4.32. The maximum absolute atomic E-state index is 13.1. The average Bonchev–Trinajstić information content (AvgIpc) is 2.44. The molecule has 2 atom stereocenters. The lowest BCUT2D eigenvalue weighted by molar-refractivity contribution is 0.114. The highest BCUT2D eigenvalue weighted by Gasteiger charge is 2.13. The Bertz CT molecular complexity index is 457. The molecule has 0 aliphatic carbocycles. The van der Waals surface area contributed by atoms with Crippen LogP contribution in [-0.4, -0.2) is 23.8 Å². The number of carbonyl (C=O) groups excluding carboxylic acids is 1. The summed E-state index contributed by atoms with van der Waals surface area (Å²) >= 11 is 3.29. The molecule has 0 fully saturated rings. The lowest BCUT2D eigenvalue weighted by atomic mass is 10.0. The van der Waals surface area contributed by atoms with Crippen molar-refractivity contribution in [2.24, 2.45) is 5.92 Å². The highest BCUT2D eigenvalue weighted by Crippen LogP contribution is 2.17. The van der Waals surface area contributed by atoms with E-state index < -0.39 is 6.10 Å². The van der Waals surface area contributed by atoms with Crippen LogP contribution in [0, 0.1) is 11.7 Å². The number of aliphatic hydroxyl groups is 1. The van der Waals surface area contributed by atoms with Crippen molar-refractivity contribution in [1.82, 2.24) is 10.6 Å². The van der Waals surface area contributed by atoms with Crippen molar-refractivity contribution in [3.8, 4) is 0 Å². The van der Waals surface area contributed by atoms with Crippen LogP contribution < -0.4 is 10.6 Å². The van der Waals surface area contributed by atoms with Gasteiger partial charge in [0.2, 0.25) is 0 Å². The molecule has 2 unspecified atom stereocenters. The Kier molecular flexibility index (Phi) is 6.95. The molecule has 0 bridgehead atoms. The van der Waals surface area contributed by atoms with Gasteiger partial charge < -0.3 is 15.7 Å². The van der Waals surface area contributed by atoms with Crippen LogP contribution in [-0.2, 0) is 6.54 Å². The topological polar surface area (TPSA) is 61.4 Å². The van der Waals surface area contributed by atoms with Crippen LogP contribution in [0.2, 0.25) is 0 Å². The van der Waals surface area contributed by atoms with Crippen LogP contribution in [0.1, 0.15) is 25.8 Å². The van der Waals surface area contributed by atoms with Crippen molar-refractivity contribution in [2.45, 2.75) is 32.9 Å². The predicted octanol–water partition coefficient (Wildman–Crippen LogP) is 2.79. The number of rotatable bonds is 6. The van der Waals surface area contributed by atoms with Crippen molar-refractivity contribution in [3.05, 3.63) is 34.1 Å². The molecule has 0 spiro atoms. The first-order valence-electron chi connectivity index (χ1n) is 6.57. The lowest BCUT2D eigenvalue weighted by Crippen LogP contribution is -2.41. The van der Waals surface area contributed by atoms with Crippen LogP contribution in [0.3, 0.4) is 0 Å². The summed E-state index contributed by atoms with van der Waals surface area (Å²) in [5, 5.41) is 14.9. The van der Waals surface area contributed by atoms with Gasteiger partial charge in [-0.05, 0) is 29.7 Å². The molecule has 0 aliphatic heterocycles. The maximum Gasteiger partial charge on any atom is 0.315 e. The molecule has 0 heterocycles. The number of hydrogen-bond acceptors (Lipinski definition) is 2. The Morgan fingerprint density at radius 1 is 1.45 bits per heavy atom. The van der Waals surface area contributed by atoms with E-state index in [4.69, 9.17) is 0 Å². The van der Waals surface area contributed by atoms with Crippen molar-refractivity contribution >= 4 is 22.0 Å². The zero-order valence-corrected chi connectivity index (χ0v) is 13.2. The van der Waals surface area contributed by atoms with E-state index in [2.05, 4.69) is 26.6 Å². The Morgan fingerprint density at radius 2 is 2.15 bits per heavy atom. The first-order chi connectivity index (χ1) is 9.43. The number of benzene rings is 1. The van der Waals surface area contributed by atoms with Gasteiger partial charge in [-0.2, -0.15) is 0 Å². The first kappa shape index (κ1) is 16.9. The molecule has 4 nitrogen and oxygen atoms in total. The molecule has 0 saturated carbocycles. The standard InChI is InChI=1S/C14H20BrFN2O2/c1-3-9(2)13(19)8-18-14(20)17-7-10-6-11(16)4-5-12(10)15/h4-6,9,13,19H,3,7-8H2,1-2H3,(H2,17,18,20). The van der Waals surface area contributed by atoms with Gasteiger partial charge in [0, 0.05) is 17.6 Å². The molecular weight excluding hydrogens is 327 g/mol. The molecule has 20 heavy (non-hydrogen) atoms. The summed E-state index contributed by atoms with van der Waals surface area (Å²) in [5.74, 6) is -0.217. The largest absolute Gasteiger partial charge is 0.391 e. The molecule has 112 valence electrons. The summed E-state index contributed by atoms with van der Waals surface area (Å²) in [7, 11) is 0. The third-order valence-corrected chi connectivity index (χ3v) is 3.99. The van der Waals surface area contributed by atoms with Gasteiger partial charge in [0.1, 0.15) is 5.82 Å². The first-order valence-corrected chi connectivity index (χ1v) is 7.37. The van der Waals surface area contributed by atoms with Crippen LogP contribution in [0.25, 0.3) is 0 Å². The van der Waals surface area contributed by atoms with Gasteiger partial charge in [-0.25, -0.2) is 9.18 Å². The molecule has 3 N–H and O–H groups in total. The van der Waals surface area contributed by atoms with Crippen molar-refractivity contribution in [3.63, 3.8) is 0 Å². The second kappa shape index (κ2) is 8.21. The summed E-state index contributed by atoms with van der Waals surface area (Å²) in [6, 6.07) is 3.91. The van der Waals surface area contributed by atoms with E-state index in [-0.39, 0.29) is 30.9 Å². The minimum Gasteiger partial charge on any atom is -0.391 e. The Hall–Kier alpha value is -1.14. The maximum atomic E-state index is 13.1. The molecule has 0 aromatic heterocycles. The normalized spacial score (nSPS) is 13.7. The van der Waals surface area contributed by atoms with E-state index in [1.165, 1.54) is 12.1 Å². The van der Waals surface area contributed by atoms with Gasteiger partial charge >= 0.3 is 6.03 Å². The number of carbonyl (C=O) groups is 1. The highest BCUT2D eigenvalue weighted by molar-refractivity contribution is 9.10. The fourth-order valence-corrected chi connectivity index (χ4v) is 1.97. The van der Waals surface area contributed by atoms with Crippen LogP contribution in [0.5, 0.6) is 0 Å². The van der Waals surface area contributed by atoms with E-state index in [0.29, 0.717) is 5.56 Å². The molecule has 1 aromatic carbocycles. The minimum absolute atomic E-state index is 0.132. The van der Waals surface area contributed by atoms with Crippen molar-refractivity contribution in [2.75, 3.05) is 6.54 Å². The lowest BCUT2D eigenvalue weighted by Gasteiger charge is -2.17. The molecule has 6 heteroatoms. The van der Waals surface area contributed by atoms with Crippen LogP contribution in [0.4, 0.5) is 9.18 Å². The van der Waals surface area contributed by atoms with Gasteiger partial charge in [-0.3, -0.25) is 0 Å². The fourth-order valence-electron chi connectivity index (χ4n) is 1.59. The average molecular weight is 347 g/mol. The van der Waals surface area contributed by atoms with E-state index in [1.807, 2.05) is 13.8 Å². The summed E-state index contributed by atoms with van der Waals surface area (Å²) in [4.78, 5) is 11.6. The van der Waals surface area contributed by atoms with Crippen molar-refractivity contribution in [1.29, 1.82) is 0 Å². The Morgan fingerprint density at radius 3 is 2.80 bits per heavy atom. The van der Waals surface area contributed by atoms with Gasteiger partial charge in [0.15, 0.2) is 0 Å². The zero-order chi connectivity index (χ0) is 15.1. The number of nitrogens with one attached hydrogen (secondary N) is 2. The highest BCUT2D eigenvalue weighted by atomic mass is 79.9. The third-order valence-electron chi connectivity index (χ3n) is 3.22. The molecular formula is C14H20BrFN2O2. The third kappa shape index (κ3) is 5.46. The fraction of sp³-hybridized carbons (Fsp3) is 0.500. The SMILES string of the molecule is CCC(C)C(O)CNC(=O)NCc1cc(F)ccc1Br. The number of aliphatic hydroxyl groups excluding tert-OH is 1. The Labute approximate surface area is 126 Å². The second-order valence-electron chi connectivity index (χ2n) is 4.75. The van der Waals surface area contributed by atoms with Gasteiger partial charge in [-0.15, -0.1) is 0 Å². The predicted molar refractivity (Wildman–Crippen MR) is 79.8 cm³/mol. The molecule has 2 amide bonds. The van der Waals surface area contributed by atoms with Gasteiger partial charge in [-0.1, -0.05) is 36.2 Å². The smallest absolute Gasteiger partial charge is 0.315 e. The molecule has 0 saturated heterocycles. The van der Waals surface area contributed by atoms with Crippen LogP contribution in [0.15, 0.2) is 22.7 Å². The molecule has 1 aromatic rings. The quantitative estimate of drug-likeness (QED) is 0.741. The monoisotopic (exact) mass is 346 g/mol. The van der Waals surface area contributed by atoms with E-state index >= 15 is 0 Å². The van der Waals surface area contributed by atoms with E-state index in [1.54, 1.807) is 6.07 Å². The van der Waals surface area contributed by atoms with Gasteiger partial charge in [0.05, 0.1) is 6.10 Å². The number of amides is 2. The summed E-state index contributed by atoms with van der Waals surface area (Å²) in [6.07, 6.45) is 0.285. The zero-order valence-electron chi connectivity index (χ0n) is 11.6. The Balaban J connectivity index is 2.38. The number of urea groups is 1. The van der Waals surface area contributed by atoms with Crippen molar-refractivity contribution < 1.29 is 14.3 Å². The van der Waals surface area contributed by atoms with E-state index in [0.717, 1.165) is 10.9 Å². The van der Waals surface area contributed by atoms with E-state index in [9.17, 15) is 14.3 Å². The molecule has 1 rings (SSSR count). The molecule has 0 radical (unpaired) electrons. The number of halogens is 2. The summed E-state index contributed by atoms with van der Waals surface area (Å²) < 4.78 is 13.8. The minimum atomic E-state index is -0.563. The number of hydrogen-bond donors (Lipinski definition) is 3. The second-order valence-corrected chi connectivity index (χ2v) is 5.61. The van der Waals surface area contributed by atoms with Crippen LogP contribution >= 0.6 is 15.9 Å². The summed E-state index contributed by atoms with van der Waals surface area (Å²) in [5.41, 5.74) is 0.655. The van der Waals surface area contributed by atoms with Gasteiger partial charge in [0.25, 0.3) is 0 Å².